The van der Waals surface area contributed by atoms with E-state index in [0.29, 0.717) is 5.15 Å². The summed E-state index contributed by atoms with van der Waals surface area (Å²) in [4.78, 5) is 5.81. The van der Waals surface area contributed by atoms with Crippen LogP contribution in [-0.4, -0.2) is 4.98 Å². The number of thiazole rings is 1. The fourth-order valence-corrected chi connectivity index (χ4v) is 3.94. The lowest BCUT2D eigenvalue weighted by atomic mass is 9.80. The fraction of sp³-hybridized carbons (Fsp3) is 0.824. The number of aryl methyl sites for hydroxylation is 1. The van der Waals surface area contributed by atoms with Crippen molar-refractivity contribution in [2.75, 3.05) is 0 Å². The van der Waals surface area contributed by atoms with Crippen LogP contribution >= 0.6 is 22.9 Å². The Hall–Kier alpha value is -0.0800. The molecule has 1 rings (SSSR count). The Labute approximate surface area is 134 Å². The standard InChI is InChI=1S/C17H30ClNS/c1-5-7-9-11-13-17(4,12-10-8-6-2)16-19-15(18)14(3)20-16/h5-13H2,1-4H3. The fourth-order valence-electron chi connectivity index (χ4n) is 2.68. The van der Waals surface area contributed by atoms with Gasteiger partial charge in [0, 0.05) is 10.3 Å². The molecule has 1 heterocycles. The molecule has 0 aliphatic carbocycles. The molecule has 0 saturated heterocycles. The van der Waals surface area contributed by atoms with Gasteiger partial charge in [0.15, 0.2) is 0 Å². The van der Waals surface area contributed by atoms with Crippen molar-refractivity contribution in [3.05, 3.63) is 15.0 Å². The van der Waals surface area contributed by atoms with E-state index in [1.54, 1.807) is 11.3 Å². The third kappa shape index (κ3) is 5.37. The van der Waals surface area contributed by atoms with E-state index in [4.69, 9.17) is 11.6 Å². The van der Waals surface area contributed by atoms with Gasteiger partial charge < -0.3 is 0 Å². The van der Waals surface area contributed by atoms with E-state index in [2.05, 4.69) is 32.7 Å². The second-order valence-electron chi connectivity index (χ2n) is 6.19. The summed E-state index contributed by atoms with van der Waals surface area (Å²) in [6.45, 7) is 9.00. The third-order valence-corrected chi connectivity index (χ3v) is 5.93. The molecule has 0 aromatic carbocycles. The highest BCUT2D eigenvalue weighted by Crippen LogP contribution is 2.39. The highest BCUT2D eigenvalue weighted by atomic mass is 35.5. The van der Waals surface area contributed by atoms with E-state index in [-0.39, 0.29) is 5.41 Å². The van der Waals surface area contributed by atoms with E-state index in [1.165, 1.54) is 62.8 Å². The lowest BCUT2D eigenvalue weighted by molar-refractivity contribution is 0.364. The van der Waals surface area contributed by atoms with Crippen LogP contribution < -0.4 is 0 Å². The van der Waals surface area contributed by atoms with Crippen molar-refractivity contribution in [1.29, 1.82) is 0 Å². The second kappa shape index (κ2) is 9.04. The molecule has 0 spiro atoms. The molecular formula is C17H30ClNS. The van der Waals surface area contributed by atoms with Crippen molar-refractivity contribution in [2.24, 2.45) is 0 Å². The summed E-state index contributed by atoms with van der Waals surface area (Å²) >= 11 is 7.98. The Morgan fingerprint density at radius 3 is 2.05 bits per heavy atom. The minimum Gasteiger partial charge on any atom is -0.229 e. The molecule has 0 N–H and O–H groups in total. The zero-order valence-electron chi connectivity index (χ0n) is 13.6. The first-order chi connectivity index (χ1) is 9.53. The van der Waals surface area contributed by atoms with E-state index in [0.717, 1.165) is 4.88 Å². The third-order valence-electron chi connectivity index (χ3n) is 4.17. The molecular weight excluding hydrogens is 286 g/mol. The van der Waals surface area contributed by atoms with Gasteiger partial charge in [0.2, 0.25) is 0 Å². The van der Waals surface area contributed by atoms with Gasteiger partial charge in [-0.15, -0.1) is 11.3 Å². The van der Waals surface area contributed by atoms with Gasteiger partial charge in [0.05, 0.1) is 0 Å². The average Bonchev–Trinajstić information content (AvgIpc) is 2.76. The molecule has 0 fully saturated rings. The number of aromatic nitrogens is 1. The first kappa shape index (κ1) is 18.0. The van der Waals surface area contributed by atoms with E-state index < -0.39 is 0 Å². The van der Waals surface area contributed by atoms with Gasteiger partial charge >= 0.3 is 0 Å². The maximum absolute atomic E-state index is 6.18. The summed E-state index contributed by atoms with van der Waals surface area (Å²) in [6.07, 6.45) is 11.7. The monoisotopic (exact) mass is 315 g/mol. The zero-order chi connectivity index (χ0) is 15.0. The van der Waals surface area contributed by atoms with Crippen molar-refractivity contribution in [3.63, 3.8) is 0 Å². The second-order valence-corrected chi connectivity index (χ2v) is 7.76. The topological polar surface area (TPSA) is 12.9 Å². The lowest BCUT2D eigenvalue weighted by Crippen LogP contribution is -2.22. The van der Waals surface area contributed by atoms with Crippen LogP contribution in [0.15, 0.2) is 0 Å². The molecule has 0 bridgehead atoms. The van der Waals surface area contributed by atoms with E-state index in [9.17, 15) is 0 Å². The average molecular weight is 316 g/mol. The number of hydrogen-bond donors (Lipinski definition) is 0. The van der Waals surface area contributed by atoms with E-state index >= 15 is 0 Å². The summed E-state index contributed by atoms with van der Waals surface area (Å²) in [5, 5.41) is 1.97. The van der Waals surface area contributed by atoms with Crippen LogP contribution in [0, 0.1) is 6.92 Å². The van der Waals surface area contributed by atoms with Gasteiger partial charge in [-0.3, -0.25) is 0 Å². The molecule has 1 nitrogen and oxygen atoms in total. The number of halogens is 1. The minimum atomic E-state index is 0.228. The van der Waals surface area contributed by atoms with Crippen molar-refractivity contribution in [2.45, 2.75) is 90.9 Å². The molecule has 0 aliphatic heterocycles. The van der Waals surface area contributed by atoms with Crippen LogP contribution in [0.1, 0.15) is 88.4 Å². The Balaban J connectivity index is 2.71. The normalized spacial score (nSPS) is 14.4. The molecule has 0 saturated carbocycles. The summed E-state index contributed by atoms with van der Waals surface area (Å²) in [7, 11) is 0. The zero-order valence-corrected chi connectivity index (χ0v) is 15.2. The molecule has 1 unspecified atom stereocenters. The largest absolute Gasteiger partial charge is 0.229 e. The van der Waals surface area contributed by atoms with Crippen molar-refractivity contribution in [3.8, 4) is 0 Å². The first-order valence-corrected chi connectivity index (χ1v) is 9.36. The summed E-state index contributed by atoms with van der Waals surface area (Å²) in [5.74, 6) is 0. The molecule has 1 atom stereocenters. The predicted molar refractivity (Wildman–Crippen MR) is 92.1 cm³/mol. The predicted octanol–water partition coefficient (Wildman–Crippen LogP) is 6.91. The van der Waals surface area contributed by atoms with Gasteiger partial charge in [-0.2, -0.15) is 0 Å². The van der Waals surface area contributed by atoms with Gasteiger partial charge in [0.25, 0.3) is 0 Å². The minimum absolute atomic E-state index is 0.228. The Morgan fingerprint density at radius 2 is 1.55 bits per heavy atom. The van der Waals surface area contributed by atoms with Crippen molar-refractivity contribution < 1.29 is 0 Å². The van der Waals surface area contributed by atoms with Gasteiger partial charge in [-0.1, -0.05) is 77.3 Å². The number of rotatable bonds is 10. The van der Waals surface area contributed by atoms with Crippen molar-refractivity contribution in [1.82, 2.24) is 4.98 Å². The Morgan fingerprint density at radius 1 is 1.00 bits per heavy atom. The van der Waals surface area contributed by atoms with Gasteiger partial charge in [0.1, 0.15) is 10.2 Å². The van der Waals surface area contributed by atoms with Crippen LogP contribution in [0.25, 0.3) is 0 Å². The van der Waals surface area contributed by atoms with Crippen LogP contribution in [0.2, 0.25) is 5.15 Å². The van der Waals surface area contributed by atoms with Crippen molar-refractivity contribution >= 4 is 22.9 Å². The molecule has 0 aliphatic rings. The Bertz CT molecular complexity index is 369. The quantitative estimate of drug-likeness (QED) is 0.427. The molecule has 1 aromatic rings. The highest BCUT2D eigenvalue weighted by molar-refractivity contribution is 7.12. The lowest BCUT2D eigenvalue weighted by Gasteiger charge is -2.27. The summed E-state index contributed by atoms with van der Waals surface area (Å²) in [6, 6.07) is 0. The number of unbranched alkanes of at least 4 members (excludes halogenated alkanes) is 5. The maximum Gasteiger partial charge on any atom is 0.143 e. The van der Waals surface area contributed by atoms with Gasteiger partial charge in [-0.25, -0.2) is 4.98 Å². The molecule has 1 aromatic heterocycles. The molecule has 0 radical (unpaired) electrons. The van der Waals surface area contributed by atoms with E-state index in [1.807, 2.05) is 0 Å². The molecule has 3 heteroatoms. The maximum atomic E-state index is 6.18. The SMILES string of the molecule is CCCCCCC(C)(CCCCC)c1nc(Cl)c(C)s1. The van der Waals surface area contributed by atoms with Crippen LogP contribution in [0.5, 0.6) is 0 Å². The molecule has 0 amide bonds. The van der Waals surface area contributed by atoms with Crippen LogP contribution in [0.4, 0.5) is 0 Å². The van der Waals surface area contributed by atoms with Gasteiger partial charge in [-0.05, 0) is 19.8 Å². The van der Waals surface area contributed by atoms with Crippen LogP contribution in [-0.2, 0) is 5.41 Å². The smallest absolute Gasteiger partial charge is 0.143 e. The first-order valence-electron chi connectivity index (χ1n) is 8.17. The Kier molecular flexibility index (Phi) is 8.13. The molecule has 20 heavy (non-hydrogen) atoms. The molecule has 116 valence electrons. The summed E-state index contributed by atoms with van der Waals surface area (Å²) in [5.41, 5.74) is 0.228. The van der Waals surface area contributed by atoms with Crippen LogP contribution in [0.3, 0.4) is 0 Å². The summed E-state index contributed by atoms with van der Waals surface area (Å²) < 4.78 is 0. The highest BCUT2D eigenvalue weighted by Gasteiger charge is 2.29. The number of nitrogens with zero attached hydrogens (tertiary/aromatic N) is 1. The number of hydrogen-bond acceptors (Lipinski definition) is 2.